The van der Waals surface area contributed by atoms with E-state index in [1.165, 1.54) is 17.8 Å². The van der Waals surface area contributed by atoms with Crippen molar-refractivity contribution in [3.63, 3.8) is 0 Å². The number of hydrogen-bond donors (Lipinski definition) is 1. The summed E-state index contributed by atoms with van der Waals surface area (Å²) >= 11 is 1.62. The minimum Gasteiger partial charge on any atom is -0.497 e. The molecule has 32 heavy (non-hydrogen) atoms. The Labute approximate surface area is 191 Å². The maximum atomic E-state index is 5.29. The van der Waals surface area contributed by atoms with E-state index < -0.39 is 0 Å². The van der Waals surface area contributed by atoms with Crippen LogP contribution >= 0.6 is 11.5 Å². The molecule has 7 nitrogen and oxygen atoms in total. The zero-order valence-corrected chi connectivity index (χ0v) is 19.0. The number of anilines is 2. The van der Waals surface area contributed by atoms with E-state index in [-0.39, 0.29) is 0 Å². The number of methoxy groups -OCH3 is 1. The van der Waals surface area contributed by atoms with Gasteiger partial charge in [0.2, 0.25) is 5.95 Å². The summed E-state index contributed by atoms with van der Waals surface area (Å²) in [5.41, 5.74) is 4.14. The fourth-order valence-electron chi connectivity index (χ4n) is 5.25. The van der Waals surface area contributed by atoms with Gasteiger partial charge in [0, 0.05) is 30.9 Å². The van der Waals surface area contributed by atoms with Gasteiger partial charge >= 0.3 is 0 Å². The molecule has 1 saturated heterocycles. The van der Waals surface area contributed by atoms with Crippen LogP contribution in [0.15, 0.2) is 48.7 Å². The summed E-state index contributed by atoms with van der Waals surface area (Å²) < 4.78 is 11.6. The van der Waals surface area contributed by atoms with Gasteiger partial charge in [-0.1, -0.05) is 12.1 Å². The van der Waals surface area contributed by atoms with Crippen molar-refractivity contribution in [1.82, 2.24) is 19.0 Å². The van der Waals surface area contributed by atoms with E-state index in [2.05, 4.69) is 45.8 Å². The number of piperidine rings is 1. The third kappa shape index (κ3) is 3.39. The van der Waals surface area contributed by atoms with Crippen LogP contribution < -0.4 is 15.0 Å². The number of aryl methyl sites for hydroxylation is 1. The molecular weight excluding hydrogens is 420 g/mol. The van der Waals surface area contributed by atoms with Gasteiger partial charge in [-0.2, -0.15) is 9.36 Å². The van der Waals surface area contributed by atoms with Crippen LogP contribution in [0.2, 0.25) is 0 Å². The Bertz CT molecular complexity index is 1240. The van der Waals surface area contributed by atoms with E-state index in [1.807, 2.05) is 28.9 Å². The summed E-state index contributed by atoms with van der Waals surface area (Å²) in [6.07, 6.45) is 4.46. The van der Waals surface area contributed by atoms with Gasteiger partial charge in [-0.25, -0.2) is 4.52 Å². The van der Waals surface area contributed by atoms with E-state index in [0.29, 0.717) is 17.9 Å². The van der Waals surface area contributed by atoms with Gasteiger partial charge < -0.3 is 15.0 Å². The van der Waals surface area contributed by atoms with Crippen LogP contribution in [0.5, 0.6) is 5.75 Å². The van der Waals surface area contributed by atoms with Gasteiger partial charge in [0.1, 0.15) is 10.8 Å². The van der Waals surface area contributed by atoms with Crippen molar-refractivity contribution in [2.24, 2.45) is 11.8 Å². The topological polar surface area (TPSA) is 67.6 Å². The van der Waals surface area contributed by atoms with Crippen LogP contribution in [0.4, 0.5) is 10.9 Å². The molecule has 0 radical (unpaired) electrons. The molecule has 1 N–H and O–H groups in total. The van der Waals surface area contributed by atoms with Gasteiger partial charge in [-0.05, 0) is 79.0 Å². The van der Waals surface area contributed by atoms with E-state index >= 15 is 0 Å². The van der Waals surface area contributed by atoms with Gasteiger partial charge in [0.05, 0.1) is 12.8 Å². The number of benzene rings is 1. The molecule has 2 atom stereocenters. The lowest BCUT2D eigenvalue weighted by molar-refractivity contribution is 0.377. The lowest BCUT2D eigenvalue weighted by atomic mass is 9.92. The molecule has 4 heterocycles. The predicted molar refractivity (Wildman–Crippen MR) is 128 cm³/mol. The first-order valence-electron chi connectivity index (χ1n) is 11.1. The summed E-state index contributed by atoms with van der Waals surface area (Å²) in [5, 5.41) is 9.76. The SMILES string of the molecule is COc1ccc(-c2cccn3nc(NC4C5CCC4CN(c4cc(C)ns4)C5)nc23)cc1. The largest absolute Gasteiger partial charge is 0.497 e. The van der Waals surface area contributed by atoms with Gasteiger partial charge in [0.25, 0.3) is 0 Å². The molecule has 1 aliphatic carbocycles. The fourth-order valence-corrected chi connectivity index (χ4v) is 6.03. The summed E-state index contributed by atoms with van der Waals surface area (Å²) in [6.45, 7) is 4.21. The highest BCUT2D eigenvalue weighted by Gasteiger charge is 2.43. The Morgan fingerprint density at radius 3 is 2.56 bits per heavy atom. The molecule has 2 unspecified atom stereocenters. The second-order valence-electron chi connectivity index (χ2n) is 8.83. The summed E-state index contributed by atoms with van der Waals surface area (Å²) in [6, 6.07) is 14.8. The number of ether oxygens (including phenoxy) is 1. The number of pyridine rings is 1. The molecule has 4 aromatic rings. The summed E-state index contributed by atoms with van der Waals surface area (Å²) in [7, 11) is 1.68. The minimum absolute atomic E-state index is 0.419. The quantitative estimate of drug-likeness (QED) is 0.487. The molecular formula is C24H26N6OS. The zero-order valence-electron chi connectivity index (χ0n) is 18.2. The van der Waals surface area contributed by atoms with Crippen LogP contribution in [-0.4, -0.2) is 45.2 Å². The fraction of sp³-hybridized carbons (Fsp3) is 0.375. The van der Waals surface area contributed by atoms with Crippen molar-refractivity contribution in [3.05, 3.63) is 54.4 Å². The molecule has 0 amide bonds. The van der Waals surface area contributed by atoms with E-state index in [9.17, 15) is 0 Å². The third-order valence-corrected chi connectivity index (χ3v) is 7.76. The number of fused-ring (bicyclic) bond motifs is 3. The Balaban J connectivity index is 1.24. The minimum atomic E-state index is 0.419. The van der Waals surface area contributed by atoms with Crippen LogP contribution in [0.25, 0.3) is 16.8 Å². The van der Waals surface area contributed by atoms with Crippen LogP contribution in [0.1, 0.15) is 18.5 Å². The molecule has 2 aliphatic rings. The van der Waals surface area contributed by atoms with Gasteiger partial charge in [0.15, 0.2) is 5.65 Å². The molecule has 1 aromatic carbocycles. The predicted octanol–water partition coefficient (Wildman–Crippen LogP) is 4.50. The molecule has 1 aliphatic heterocycles. The first-order chi connectivity index (χ1) is 15.7. The molecule has 3 aromatic heterocycles. The Morgan fingerprint density at radius 2 is 1.88 bits per heavy atom. The normalized spacial score (nSPS) is 22.4. The Hall–Kier alpha value is -3.13. The van der Waals surface area contributed by atoms with Crippen molar-refractivity contribution < 1.29 is 4.74 Å². The van der Waals surface area contributed by atoms with Crippen LogP contribution in [-0.2, 0) is 0 Å². The maximum Gasteiger partial charge on any atom is 0.243 e. The van der Waals surface area contributed by atoms with Crippen molar-refractivity contribution in [1.29, 1.82) is 0 Å². The lowest BCUT2D eigenvalue weighted by Crippen LogP contribution is -2.48. The number of rotatable bonds is 5. The zero-order chi connectivity index (χ0) is 21.7. The Morgan fingerprint density at radius 1 is 1.09 bits per heavy atom. The highest BCUT2D eigenvalue weighted by atomic mass is 32.1. The number of nitrogens with one attached hydrogen (secondary N) is 1. The standard InChI is InChI=1S/C24H26N6OS/c1-15-12-21(32-28-15)29-13-17-5-6-18(14-29)22(17)25-24-26-23-20(4-3-11-30(23)27-24)16-7-9-19(31-2)10-8-16/h3-4,7-12,17-18,22H,5-6,13-14H2,1-2H3,(H,25,27). The summed E-state index contributed by atoms with van der Waals surface area (Å²) in [4.78, 5) is 7.41. The number of aromatic nitrogens is 4. The van der Waals surface area contributed by atoms with Gasteiger partial charge in [-0.3, -0.25) is 0 Å². The number of nitrogens with zero attached hydrogens (tertiary/aromatic N) is 5. The molecule has 1 saturated carbocycles. The second-order valence-corrected chi connectivity index (χ2v) is 9.62. The monoisotopic (exact) mass is 446 g/mol. The maximum absolute atomic E-state index is 5.29. The lowest BCUT2D eigenvalue weighted by Gasteiger charge is -2.38. The number of hydrogen-bond acceptors (Lipinski definition) is 7. The van der Waals surface area contributed by atoms with Crippen molar-refractivity contribution in [2.45, 2.75) is 25.8 Å². The van der Waals surface area contributed by atoms with Gasteiger partial charge in [-0.15, -0.1) is 5.10 Å². The average Bonchev–Trinajstić information content (AvgIpc) is 3.49. The van der Waals surface area contributed by atoms with Crippen molar-refractivity contribution in [3.8, 4) is 16.9 Å². The van der Waals surface area contributed by atoms with E-state index in [0.717, 1.165) is 47.3 Å². The summed E-state index contributed by atoms with van der Waals surface area (Å²) in [5.74, 6) is 2.77. The molecule has 164 valence electrons. The second kappa shape index (κ2) is 7.78. The van der Waals surface area contributed by atoms with E-state index in [4.69, 9.17) is 14.8 Å². The first kappa shape index (κ1) is 19.5. The third-order valence-electron chi connectivity index (χ3n) is 6.82. The van der Waals surface area contributed by atoms with Crippen molar-refractivity contribution in [2.75, 3.05) is 30.4 Å². The molecule has 6 rings (SSSR count). The molecule has 0 spiro atoms. The Kier molecular flexibility index (Phi) is 4.75. The highest BCUT2D eigenvalue weighted by Crippen LogP contribution is 2.41. The average molecular weight is 447 g/mol. The first-order valence-corrected chi connectivity index (χ1v) is 11.9. The molecule has 2 bridgehead atoms. The van der Waals surface area contributed by atoms with Crippen molar-refractivity contribution >= 4 is 28.1 Å². The molecule has 8 heteroatoms. The molecule has 2 fully saturated rings. The highest BCUT2D eigenvalue weighted by molar-refractivity contribution is 7.10. The van der Waals surface area contributed by atoms with Crippen LogP contribution in [0, 0.1) is 18.8 Å². The van der Waals surface area contributed by atoms with E-state index in [1.54, 1.807) is 18.6 Å². The van der Waals surface area contributed by atoms with Crippen LogP contribution in [0.3, 0.4) is 0 Å². The smallest absolute Gasteiger partial charge is 0.243 e.